The van der Waals surface area contributed by atoms with E-state index in [4.69, 9.17) is 9.47 Å². The third-order valence-electron chi connectivity index (χ3n) is 3.80. The van der Waals surface area contributed by atoms with E-state index in [1.54, 1.807) is 13.2 Å². The molecule has 1 aromatic heterocycles. The molecule has 0 atom stereocenters. The third-order valence-corrected chi connectivity index (χ3v) is 4.81. The molecule has 2 aromatic carbocycles. The fourth-order valence-electron chi connectivity index (χ4n) is 2.66. The minimum atomic E-state index is -0.984. The van der Waals surface area contributed by atoms with E-state index in [1.165, 1.54) is 0 Å². The first-order valence-corrected chi connectivity index (χ1v) is 9.23. The van der Waals surface area contributed by atoms with Gasteiger partial charge in [-0.25, -0.2) is 9.78 Å². The van der Waals surface area contributed by atoms with Crippen molar-refractivity contribution in [2.75, 3.05) is 13.7 Å². The zero-order valence-corrected chi connectivity index (χ0v) is 15.8. The van der Waals surface area contributed by atoms with E-state index < -0.39 is 5.97 Å². The summed E-state index contributed by atoms with van der Waals surface area (Å²) in [6.45, 7) is 2.45. The number of rotatable bonds is 7. The van der Waals surface area contributed by atoms with E-state index >= 15 is 0 Å². The Hall–Kier alpha value is -3.12. The fraction of sp³-hybridized carbons (Fsp3) is 0.143. The fourth-order valence-corrected chi connectivity index (χ4v) is 3.49. The molecular formula is C21H19NO4S. The molecule has 0 saturated carbocycles. The maximum Gasteiger partial charge on any atom is 0.348 e. The van der Waals surface area contributed by atoms with E-state index in [0.717, 1.165) is 22.5 Å². The zero-order chi connectivity index (χ0) is 19.2. The Morgan fingerprint density at radius 3 is 2.59 bits per heavy atom. The molecule has 0 aliphatic carbocycles. The van der Waals surface area contributed by atoms with Crippen LogP contribution in [0.1, 0.15) is 27.2 Å². The number of carboxylic acids is 1. The quantitative estimate of drug-likeness (QED) is 0.618. The van der Waals surface area contributed by atoms with E-state index in [1.807, 2.05) is 61.5 Å². The van der Waals surface area contributed by atoms with Crippen LogP contribution in [-0.2, 0) is 0 Å². The molecule has 0 unspecified atom stereocenters. The number of benzene rings is 2. The topological polar surface area (TPSA) is 68.7 Å². The zero-order valence-electron chi connectivity index (χ0n) is 15.0. The van der Waals surface area contributed by atoms with Crippen LogP contribution < -0.4 is 9.47 Å². The second kappa shape index (κ2) is 8.51. The van der Waals surface area contributed by atoms with Gasteiger partial charge in [-0.15, -0.1) is 11.3 Å². The van der Waals surface area contributed by atoms with E-state index in [2.05, 4.69) is 4.98 Å². The van der Waals surface area contributed by atoms with Gasteiger partial charge in [-0.05, 0) is 25.1 Å². The van der Waals surface area contributed by atoms with Crippen molar-refractivity contribution in [1.82, 2.24) is 4.98 Å². The number of aromatic nitrogens is 1. The highest BCUT2D eigenvalue weighted by molar-refractivity contribution is 7.15. The maximum absolute atomic E-state index is 11.6. The van der Waals surface area contributed by atoms with Crippen molar-refractivity contribution in [3.05, 3.63) is 64.0 Å². The first-order chi connectivity index (χ1) is 13.1. The number of nitrogens with zero attached hydrogens (tertiary/aromatic N) is 1. The lowest BCUT2D eigenvalue weighted by Crippen LogP contribution is -1.96. The van der Waals surface area contributed by atoms with Gasteiger partial charge in [-0.2, -0.15) is 0 Å². The first-order valence-electron chi connectivity index (χ1n) is 8.41. The number of ether oxygens (including phenoxy) is 2. The van der Waals surface area contributed by atoms with Crippen LogP contribution in [0.5, 0.6) is 11.5 Å². The molecule has 0 aliphatic rings. The van der Waals surface area contributed by atoms with Crippen molar-refractivity contribution in [2.24, 2.45) is 0 Å². The van der Waals surface area contributed by atoms with Crippen LogP contribution in [0, 0.1) is 0 Å². The molecule has 0 aliphatic heterocycles. The Balaban J connectivity index is 1.97. The Morgan fingerprint density at radius 2 is 1.93 bits per heavy atom. The van der Waals surface area contributed by atoms with Crippen molar-refractivity contribution in [2.45, 2.75) is 6.92 Å². The molecule has 0 spiro atoms. The Morgan fingerprint density at radius 1 is 1.15 bits per heavy atom. The van der Waals surface area contributed by atoms with Gasteiger partial charge in [0.05, 0.1) is 19.4 Å². The summed E-state index contributed by atoms with van der Waals surface area (Å²) in [5.41, 5.74) is 2.08. The lowest BCUT2D eigenvalue weighted by molar-refractivity contribution is 0.0702. The molecule has 6 heteroatoms. The van der Waals surface area contributed by atoms with Crippen LogP contribution in [0.3, 0.4) is 0 Å². The van der Waals surface area contributed by atoms with Gasteiger partial charge >= 0.3 is 5.97 Å². The standard InChI is InChI=1S/C21H19NO4S/c1-3-26-16-11-7-10-15(19(16)25-2)12-13-17-22-18(20(27-17)21(23)24)14-8-5-4-6-9-14/h4-13H,3H2,1-2H3,(H,23,24)/b13-12+. The summed E-state index contributed by atoms with van der Waals surface area (Å²) in [5, 5.41) is 10.1. The van der Waals surface area contributed by atoms with E-state index in [0.29, 0.717) is 28.8 Å². The minimum Gasteiger partial charge on any atom is -0.492 e. The van der Waals surface area contributed by atoms with Gasteiger partial charge in [0.1, 0.15) is 9.88 Å². The third kappa shape index (κ3) is 4.17. The number of aromatic carboxylic acids is 1. The summed E-state index contributed by atoms with van der Waals surface area (Å²) in [4.78, 5) is 16.3. The van der Waals surface area contributed by atoms with Crippen LogP contribution >= 0.6 is 11.3 Å². The molecule has 0 bridgehead atoms. The number of carbonyl (C=O) groups is 1. The van der Waals surface area contributed by atoms with Crippen molar-refractivity contribution in [3.63, 3.8) is 0 Å². The van der Waals surface area contributed by atoms with Crippen LogP contribution in [0.15, 0.2) is 48.5 Å². The predicted octanol–water partition coefficient (Wildman–Crippen LogP) is 5.09. The normalized spacial score (nSPS) is 10.9. The summed E-state index contributed by atoms with van der Waals surface area (Å²) < 4.78 is 11.1. The van der Waals surface area contributed by atoms with Crippen molar-refractivity contribution >= 4 is 29.5 Å². The van der Waals surface area contributed by atoms with Crippen LogP contribution in [-0.4, -0.2) is 29.8 Å². The SMILES string of the molecule is CCOc1cccc(/C=C/c2nc(-c3ccccc3)c(C(=O)O)s2)c1OC. The van der Waals surface area contributed by atoms with Gasteiger partial charge in [0.15, 0.2) is 11.5 Å². The van der Waals surface area contributed by atoms with E-state index in [-0.39, 0.29) is 4.88 Å². The average Bonchev–Trinajstić information content (AvgIpc) is 3.12. The monoisotopic (exact) mass is 381 g/mol. The number of methoxy groups -OCH3 is 1. The van der Waals surface area contributed by atoms with Gasteiger partial charge in [-0.1, -0.05) is 42.5 Å². The molecule has 5 nitrogen and oxygen atoms in total. The molecule has 3 rings (SSSR count). The molecule has 0 radical (unpaired) electrons. The largest absolute Gasteiger partial charge is 0.492 e. The molecule has 3 aromatic rings. The van der Waals surface area contributed by atoms with Gasteiger partial charge in [0, 0.05) is 11.1 Å². The van der Waals surface area contributed by atoms with Crippen LogP contribution in [0.25, 0.3) is 23.4 Å². The molecule has 1 N–H and O–H groups in total. The first kappa shape index (κ1) is 18.7. The lowest BCUT2D eigenvalue weighted by Gasteiger charge is -2.11. The lowest BCUT2D eigenvalue weighted by atomic mass is 10.1. The second-order valence-corrected chi connectivity index (χ2v) is 6.58. The number of hydrogen-bond acceptors (Lipinski definition) is 5. The van der Waals surface area contributed by atoms with Gasteiger partial charge in [0.25, 0.3) is 0 Å². The highest BCUT2D eigenvalue weighted by Crippen LogP contribution is 2.33. The number of thiazole rings is 1. The molecule has 0 saturated heterocycles. The Bertz CT molecular complexity index is 964. The predicted molar refractivity (Wildman–Crippen MR) is 108 cm³/mol. The van der Waals surface area contributed by atoms with Crippen LogP contribution in [0.4, 0.5) is 0 Å². The molecular weight excluding hydrogens is 362 g/mol. The maximum atomic E-state index is 11.6. The molecule has 0 amide bonds. The summed E-state index contributed by atoms with van der Waals surface area (Å²) in [6, 6.07) is 14.9. The van der Waals surface area contributed by atoms with Gasteiger partial charge in [-0.3, -0.25) is 0 Å². The van der Waals surface area contributed by atoms with Gasteiger partial charge in [0.2, 0.25) is 0 Å². The number of hydrogen-bond donors (Lipinski definition) is 1. The average molecular weight is 381 g/mol. The number of para-hydroxylation sites is 1. The van der Waals surface area contributed by atoms with Crippen LogP contribution in [0.2, 0.25) is 0 Å². The summed E-state index contributed by atoms with van der Waals surface area (Å²) >= 11 is 1.14. The molecule has 138 valence electrons. The van der Waals surface area contributed by atoms with Gasteiger partial charge < -0.3 is 14.6 Å². The highest BCUT2D eigenvalue weighted by Gasteiger charge is 2.17. The van der Waals surface area contributed by atoms with Crippen molar-refractivity contribution < 1.29 is 19.4 Å². The Labute approximate surface area is 161 Å². The van der Waals surface area contributed by atoms with E-state index in [9.17, 15) is 9.90 Å². The Kier molecular flexibility index (Phi) is 5.88. The number of carboxylic acid groups (broad SMARTS) is 1. The summed E-state index contributed by atoms with van der Waals surface area (Å²) in [7, 11) is 1.59. The van der Waals surface area contributed by atoms with Crippen molar-refractivity contribution in [3.8, 4) is 22.8 Å². The summed E-state index contributed by atoms with van der Waals surface area (Å²) in [6.07, 6.45) is 3.64. The molecule has 1 heterocycles. The smallest absolute Gasteiger partial charge is 0.348 e. The molecule has 27 heavy (non-hydrogen) atoms. The van der Waals surface area contributed by atoms with Crippen molar-refractivity contribution in [1.29, 1.82) is 0 Å². The highest BCUT2D eigenvalue weighted by atomic mass is 32.1. The minimum absolute atomic E-state index is 0.218. The molecule has 0 fully saturated rings. The second-order valence-electron chi connectivity index (χ2n) is 5.55. The summed E-state index contributed by atoms with van der Waals surface area (Å²) in [5.74, 6) is 0.313.